The van der Waals surface area contributed by atoms with E-state index in [-0.39, 0.29) is 17.0 Å². The molecule has 4 nitrogen and oxygen atoms in total. The molecule has 1 heterocycles. The van der Waals surface area contributed by atoms with Gasteiger partial charge < -0.3 is 9.72 Å². The number of ether oxygens (including phenoxy) is 1. The van der Waals surface area contributed by atoms with E-state index in [1.807, 2.05) is 6.07 Å². The van der Waals surface area contributed by atoms with Crippen LogP contribution < -0.4 is 10.3 Å². The Kier molecular flexibility index (Phi) is 4.71. The van der Waals surface area contributed by atoms with Crippen molar-refractivity contribution in [2.45, 2.75) is 6.61 Å². The molecular weight excluding hydrogens is 382 g/mol. The van der Waals surface area contributed by atoms with Crippen molar-refractivity contribution in [3.63, 3.8) is 0 Å². The Balaban J connectivity index is 2.00. The van der Waals surface area contributed by atoms with Gasteiger partial charge in [-0.2, -0.15) is 8.78 Å². The van der Waals surface area contributed by atoms with Crippen molar-refractivity contribution in [2.24, 2.45) is 0 Å². The minimum Gasteiger partial charge on any atom is -0.434 e. The zero-order valence-corrected chi connectivity index (χ0v) is 13.8. The largest absolute Gasteiger partial charge is 0.434 e. The minimum absolute atomic E-state index is 0.0154. The fraction of sp³-hybridized carbons (Fsp3) is 0.0588. The van der Waals surface area contributed by atoms with Gasteiger partial charge in [0.05, 0.1) is 11.0 Å². The molecule has 1 N–H and O–H groups in total. The van der Waals surface area contributed by atoms with Crippen molar-refractivity contribution in [2.75, 3.05) is 0 Å². The molecule has 0 saturated heterocycles. The molecule has 3 rings (SSSR count). The molecule has 0 atom stereocenters. The third-order valence-corrected chi connectivity index (χ3v) is 3.73. The van der Waals surface area contributed by atoms with Gasteiger partial charge in [0.2, 0.25) is 0 Å². The maximum Gasteiger partial charge on any atom is 0.387 e. The molecule has 0 fully saturated rings. The number of para-hydroxylation sites is 2. The molecule has 1 aromatic heterocycles. The summed E-state index contributed by atoms with van der Waals surface area (Å²) in [7, 11) is 0. The predicted octanol–water partition coefficient (Wildman–Crippen LogP) is 4.46. The van der Waals surface area contributed by atoms with Gasteiger partial charge in [-0.15, -0.1) is 0 Å². The molecule has 0 aliphatic heterocycles. The van der Waals surface area contributed by atoms with Crippen molar-refractivity contribution < 1.29 is 13.5 Å². The smallest absolute Gasteiger partial charge is 0.387 e. The van der Waals surface area contributed by atoms with Crippen molar-refractivity contribution in [3.05, 3.63) is 68.5 Å². The van der Waals surface area contributed by atoms with Gasteiger partial charge in [-0.3, -0.25) is 4.79 Å². The molecule has 0 aliphatic carbocycles. The van der Waals surface area contributed by atoms with Crippen LogP contribution in [0, 0.1) is 0 Å². The van der Waals surface area contributed by atoms with E-state index in [1.54, 1.807) is 30.3 Å². The van der Waals surface area contributed by atoms with Gasteiger partial charge in [0, 0.05) is 10.0 Å². The molecule has 0 bridgehead atoms. The molecule has 0 saturated carbocycles. The van der Waals surface area contributed by atoms with Gasteiger partial charge in [-0.25, -0.2) is 4.98 Å². The lowest BCUT2D eigenvalue weighted by molar-refractivity contribution is -0.0499. The highest BCUT2D eigenvalue weighted by Crippen LogP contribution is 2.26. The van der Waals surface area contributed by atoms with Gasteiger partial charge in [-0.05, 0) is 42.5 Å². The number of aromatic amines is 1. The Labute approximate surface area is 143 Å². The normalized spacial score (nSPS) is 11.5. The summed E-state index contributed by atoms with van der Waals surface area (Å²) in [6.07, 6.45) is 2.97. The summed E-state index contributed by atoms with van der Waals surface area (Å²) >= 11 is 3.28. The first-order valence-corrected chi connectivity index (χ1v) is 7.74. The average Bonchev–Trinajstić information content (AvgIpc) is 2.54. The first-order valence-electron chi connectivity index (χ1n) is 6.94. The van der Waals surface area contributed by atoms with Gasteiger partial charge in [0.1, 0.15) is 11.4 Å². The predicted molar refractivity (Wildman–Crippen MR) is 92.1 cm³/mol. The van der Waals surface area contributed by atoms with Crippen LogP contribution in [0.25, 0.3) is 23.2 Å². The molecule has 122 valence electrons. The topological polar surface area (TPSA) is 55.0 Å². The Hall–Kier alpha value is -2.54. The molecule has 0 amide bonds. The fourth-order valence-electron chi connectivity index (χ4n) is 2.18. The average molecular weight is 393 g/mol. The van der Waals surface area contributed by atoms with E-state index in [1.165, 1.54) is 18.2 Å². The van der Waals surface area contributed by atoms with Gasteiger partial charge >= 0.3 is 6.61 Å². The molecule has 0 spiro atoms. The van der Waals surface area contributed by atoms with Crippen LogP contribution in [0.5, 0.6) is 5.75 Å². The molecule has 7 heteroatoms. The number of hydrogen-bond acceptors (Lipinski definition) is 3. The molecule has 2 aromatic carbocycles. The molecule has 24 heavy (non-hydrogen) atoms. The van der Waals surface area contributed by atoms with Crippen LogP contribution in [0.15, 0.2) is 51.7 Å². The Morgan fingerprint density at radius 3 is 2.75 bits per heavy atom. The number of fused-ring (bicyclic) bond motifs is 1. The highest BCUT2D eigenvalue weighted by atomic mass is 79.9. The van der Waals surface area contributed by atoms with E-state index in [2.05, 4.69) is 30.6 Å². The summed E-state index contributed by atoms with van der Waals surface area (Å²) in [5.74, 6) is 0.0154. The second-order valence-electron chi connectivity index (χ2n) is 4.86. The maximum atomic E-state index is 12.5. The number of nitrogens with zero attached hydrogens (tertiary/aromatic N) is 1. The van der Waals surface area contributed by atoms with Crippen LogP contribution in [0.2, 0.25) is 0 Å². The van der Waals surface area contributed by atoms with E-state index in [0.717, 1.165) is 0 Å². The second-order valence-corrected chi connectivity index (χ2v) is 5.78. The minimum atomic E-state index is -2.93. The van der Waals surface area contributed by atoms with E-state index in [9.17, 15) is 13.6 Å². The number of aromatic nitrogens is 2. The number of rotatable bonds is 4. The van der Waals surface area contributed by atoms with Gasteiger partial charge in [-0.1, -0.05) is 28.1 Å². The van der Waals surface area contributed by atoms with Crippen LogP contribution >= 0.6 is 15.9 Å². The highest BCUT2D eigenvalue weighted by molar-refractivity contribution is 9.10. The third-order valence-electron chi connectivity index (χ3n) is 3.23. The van der Waals surface area contributed by atoms with Crippen LogP contribution in [0.4, 0.5) is 8.78 Å². The number of alkyl halides is 2. The van der Waals surface area contributed by atoms with E-state index in [0.29, 0.717) is 21.1 Å². The number of nitrogens with one attached hydrogen (secondary N) is 1. The molecule has 0 radical (unpaired) electrons. The lowest BCUT2D eigenvalue weighted by Crippen LogP contribution is -2.11. The van der Waals surface area contributed by atoms with Crippen molar-refractivity contribution in [1.82, 2.24) is 9.97 Å². The number of H-pyrrole nitrogens is 1. The monoisotopic (exact) mass is 392 g/mol. The summed E-state index contributed by atoms with van der Waals surface area (Å²) in [4.78, 5) is 19.0. The second kappa shape index (κ2) is 6.92. The molecule has 0 unspecified atom stereocenters. The summed E-state index contributed by atoms with van der Waals surface area (Å²) in [5, 5.41) is 0. The number of halogens is 3. The SMILES string of the molecule is O=c1[nH]c2ccccc2nc1/C=C/c1cc(Br)ccc1OC(F)F. The summed E-state index contributed by atoms with van der Waals surface area (Å²) in [6, 6.07) is 11.8. The van der Waals surface area contributed by atoms with Crippen LogP contribution in [-0.2, 0) is 0 Å². The van der Waals surface area contributed by atoms with Gasteiger partial charge in [0.15, 0.2) is 0 Å². The first kappa shape index (κ1) is 16.3. The highest BCUT2D eigenvalue weighted by Gasteiger charge is 2.09. The van der Waals surface area contributed by atoms with E-state index in [4.69, 9.17) is 0 Å². The zero-order chi connectivity index (χ0) is 17.1. The van der Waals surface area contributed by atoms with Crippen molar-refractivity contribution >= 4 is 39.1 Å². The van der Waals surface area contributed by atoms with Gasteiger partial charge in [0.25, 0.3) is 5.56 Å². The summed E-state index contributed by atoms with van der Waals surface area (Å²) in [5.41, 5.74) is 1.48. The molecular formula is C17H11BrF2N2O2. The van der Waals surface area contributed by atoms with Crippen LogP contribution in [-0.4, -0.2) is 16.6 Å². The molecule has 0 aliphatic rings. The fourth-order valence-corrected chi connectivity index (χ4v) is 2.56. The standard InChI is InChI=1S/C17H11BrF2N2O2/c18-11-6-8-15(24-17(19)20)10(9-11)5-7-14-16(23)22-13-4-2-1-3-12(13)21-14/h1-9,17H,(H,22,23)/b7-5+. The van der Waals surface area contributed by atoms with Crippen molar-refractivity contribution in [1.29, 1.82) is 0 Å². The van der Waals surface area contributed by atoms with E-state index < -0.39 is 6.61 Å². The first-order chi connectivity index (χ1) is 11.5. The summed E-state index contributed by atoms with van der Waals surface area (Å²) in [6.45, 7) is -2.93. The lowest BCUT2D eigenvalue weighted by Gasteiger charge is -2.08. The third kappa shape index (κ3) is 3.68. The Morgan fingerprint density at radius 2 is 1.96 bits per heavy atom. The summed E-state index contributed by atoms with van der Waals surface area (Å²) < 4.78 is 30.1. The number of benzene rings is 2. The quantitative estimate of drug-likeness (QED) is 0.712. The zero-order valence-electron chi connectivity index (χ0n) is 12.2. The van der Waals surface area contributed by atoms with Crippen molar-refractivity contribution in [3.8, 4) is 5.75 Å². The molecule has 3 aromatic rings. The number of hydrogen-bond donors (Lipinski definition) is 1. The van der Waals surface area contributed by atoms with Crippen LogP contribution in [0.3, 0.4) is 0 Å². The Bertz CT molecular complexity index is 970. The maximum absolute atomic E-state index is 12.5. The van der Waals surface area contributed by atoms with E-state index >= 15 is 0 Å². The van der Waals surface area contributed by atoms with Crippen LogP contribution in [0.1, 0.15) is 11.3 Å². The lowest BCUT2D eigenvalue weighted by atomic mass is 10.1. The Morgan fingerprint density at radius 1 is 1.17 bits per heavy atom.